The highest BCUT2D eigenvalue weighted by Gasteiger charge is 2.15. The number of carbonyl (C=O) groups excluding carboxylic acids is 1. The molecule has 0 aliphatic heterocycles. The molecule has 0 radical (unpaired) electrons. The van der Waals surface area contributed by atoms with Crippen molar-refractivity contribution in [1.82, 2.24) is 24.9 Å². The third kappa shape index (κ3) is 2.94. The van der Waals surface area contributed by atoms with E-state index in [1.54, 1.807) is 10.9 Å². The van der Waals surface area contributed by atoms with Crippen LogP contribution in [0, 0.1) is 6.92 Å². The topological polar surface area (TPSA) is 64.7 Å². The number of carbonyl (C=O) groups is 1. The number of nitrogens with zero attached hydrogens (tertiary/aromatic N) is 4. The van der Waals surface area contributed by atoms with E-state index >= 15 is 0 Å². The smallest absolute Gasteiger partial charge is 0.261 e. The summed E-state index contributed by atoms with van der Waals surface area (Å²) in [5.41, 5.74) is 2.89. The average molecular weight is 351 g/mol. The summed E-state index contributed by atoms with van der Waals surface area (Å²) >= 11 is 1.46. The number of hydrogen-bond acceptors (Lipinski definition) is 4. The molecule has 0 saturated heterocycles. The summed E-state index contributed by atoms with van der Waals surface area (Å²) in [5.74, 6) is -0.0759. The molecule has 0 aliphatic rings. The summed E-state index contributed by atoms with van der Waals surface area (Å²) in [4.78, 5) is 14.1. The van der Waals surface area contributed by atoms with E-state index < -0.39 is 0 Å². The molecule has 0 bridgehead atoms. The molecule has 126 valence electrons. The lowest BCUT2D eigenvalue weighted by atomic mass is 10.3. The summed E-state index contributed by atoms with van der Waals surface area (Å²) in [6.07, 6.45) is 3.70. The van der Waals surface area contributed by atoms with Crippen molar-refractivity contribution in [3.63, 3.8) is 0 Å². The van der Waals surface area contributed by atoms with E-state index in [0.717, 1.165) is 27.2 Å². The van der Waals surface area contributed by atoms with Gasteiger partial charge < -0.3 is 5.32 Å². The van der Waals surface area contributed by atoms with Gasteiger partial charge in [0.05, 0.1) is 22.5 Å². The van der Waals surface area contributed by atoms with Gasteiger partial charge in [-0.15, -0.1) is 11.3 Å². The van der Waals surface area contributed by atoms with Crippen molar-refractivity contribution in [3.8, 4) is 5.69 Å². The third-order valence-electron chi connectivity index (χ3n) is 4.03. The van der Waals surface area contributed by atoms with E-state index in [1.165, 1.54) is 11.3 Å². The number of amides is 1. The number of rotatable bonds is 4. The first-order chi connectivity index (χ1) is 12.1. The van der Waals surface area contributed by atoms with Crippen molar-refractivity contribution >= 4 is 27.5 Å². The number of thiophene rings is 1. The molecule has 7 heteroatoms. The van der Waals surface area contributed by atoms with Gasteiger partial charge in [0.1, 0.15) is 4.83 Å². The van der Waals surface area contributed by atoms with Crippen LogP contribution in [-0.4, -0.2) is 25.5 Å². The maximum Gasteiger partial charge on any atom is 0.261 e. The minimum Gasteiger partial charge on any atom is -0.347 e. The Morgan fingerprint density at radius 2 is 2.08 bits per heavy atom. The number of hydrogen-bond donors (Lipinski definition) is 1. The van der Waals surface area contributed by atoms with Crippen molar-refractivity contribution in [1.29, 1.82) is 0 Å². The van der Waals surface area contributed by atoms with Gasteiger partial charge in [0.2, 0.25) is 0 Å². The largest absolute Gasteiger partial charge is 0.347 e. The fraction of sp³-hybridized carbons (Fsp3) is 0.167. The Hall–Kier alpha value is -2.93. The van der Waals surface area contributed by atoms with Gasteiger partial charge in [-0.05, 0) is 25.1 Å². The Morgan fingerprint density at radius 3 is 2.84 bits per heavy atom. The highest BCUT2D eigenvalue weighted by Crippen LogP contribution is 2.27. The number of benzene rings is 1. The second kappa shape index (κ2) is 6.18. The molecular formula is C18H17N5OS. The van der Waals surface area contributed by atoms with Crippen LogP contribution in [0.4, 0.5) is 0 Å². The van der Waals surface area contributed by atoms with E-state index in [1.807, 2.05) is 61.2 Å². The molecule has 3 aromatic heterocycles. The minimum atomic E-state index is -0.0759. The van der Waals surface area contributed by atoms with E-state index in [4.69, 9.17) is 0 Å². The second-order valence-corrected chi connectivity index (χ2v) is 6.88. The van der Waals surface area contributed by atoms with Crippen molar-refractivity contribution < 1.29 is 4.79 Å². The van der Waals surface area contributed by atoms with Gasteiger partial charge in [-0.1, -0.05) is 18.2 Å². The van der Waals surface area contributed by atoms with Crippen molar-refractivity contribution in [2.75, 3.05) is 0 Å². The molecule has 0 aliphatic carbocycles. The summed E-state index contributed by atoms with van der Waals surface area (Å²) in [7, 11) is 1.89. The van der Waals surface area contributed by atoms with Gasteiger partial charge in [0.25, 0.3) is 5.91 Å². The molecule has 3 heterocycles. The summed E-state index contributed by atoms with van der Waals surface area (Å²) in [6.45, 7) is 2.39. The van der Waals surface area contributed by atoms with Crippen molar-refractivity contribution in [2.24, 2.45) is 7.05 Å². The molecule has 0 unspecified atom stereocenters. The monoisotopic (exact) mass is 351 g/mol. The summed E-state index contributed by atoms with van der Waals surface area (Å²) in [5, 5.41) is 12.7. The zero-order valence-corrected chi connectivity index (χ0v) is 14.7. The highest BCUT2D eigenvalue weighted by atomic mass is 32.1. The SMILES string of the molecule is Cc1nn(C)c2sc(C(=O)NCc3cnn(-c4ccccc4)c3)cc12. The molecule has 0 atom stereocenters. The Labute approximate surface area is 148 Å². The van der Waals surface area contributed by atoms with Gasteiger partial charge >= 0.3 is 0 Å². The third-order valence-corrected chi connectivity index (χ3v) is 5.23. The molecule has 4 aromatic rings. The molecule has 1 amide bonds. The first kappa shape index (κ1) is 15.6. The summed E-state index contributed by atoms with van der Waals surface area (Å²) in [6, 6.07) is 11.8. The normalized spacial score (nSPS) is 11.1. The van der Waals surface area contributed by atoms with Crippen LogP contribution < -0.4 is 5.32 Å². The van der Waals surface area contributed by atoms with Gasteiger partial charge in [0, 0.05) is 30.7 Å². The fourth-order valence-corrected chi connectivity index (χ4v) is 3.80. The van der Waals surface area contributed by atoms with Crippen LogP contribution in [0.2, 0.25) is 0 Å². The van der Waals surface area contributed by atoms with Gasteiger partial charge in [-0.2, -0.15) is 10.2 Å². The van der Waals surface area contributed by atoms with Gasteiger partial charge in [-0.25, -0.2) is 4.68 Å². The highest BCUT2D eigenvalue weighted by molar-refractivity contribution is 7.20. The van der Waals surface area contributed by atoms with E-state index in [2.05, 4.69) is 15.5 Å². The van der Waals surface area contributed by atoms with Crippen LogP contribution in [0.1, 0.15) is 20.9 Å². The van der Waals surface area contributed by atoms with Crippen LogP contribution in [0.25, 0.3) is 15.9 Å². The number of aromatic nitrogens is 4. The lowest BCUT2D eigenvalue weighted by Crippen LogP contribution is -2.21. The molecule has 6 nitrogen and oxygen atoms in total. The van der Waals surface area contributed by atoms with Crippen LogP contribution >= 0.6 is 11.3 Å². The fourth-order valence-electron chi connectivity index (χ4n) is 2.76. The maximum absolute atomic E-state index is 12.4. The Bertz CT molecular complexity index is 1010. The molecule has 1 aromatic carbocycles. The van der Waals surface area contributed by atoms with Crippen LogP contribution in [-0.2, 0) is 13.6 Å². The number of para-hydroxylation sites is 1. The van der Waals surface area contributed by atoms with E-state index in [0.29, 0.717) is 11.4 Å². The van der Waals surface area contributed by atoms with E-state index in [-0.39, 0.29) is 5.91 Å². The summed E-state index contributed by atoms with van der Waals surface area (Å²) < 4.78 is 3.62. The van der Waals surface area contributed by atoms with Crippen LogP contribution in [0.15, 0.2) is 48.8 Å². The average Bonchev–Trinajstić information content (AvgIpc) is 3.32. The first-order valence-corrected chi connectivity index (χ1v) is 8.74. The first-order valence-electron chi connectivity index (χ1n) is 7.92. The van der Waals surface area contributed by atoms with E-state index in [9.17, 15) is 4.79 Å². The van der Waals surface area contributed by atoms with Crippen LogP contribution in [0.3, 0.4) is 0 Å². The Kier molecular flexibility index (Phi) is 3.85. The van der Waals surface area contributed by atoms with Gasteiger partial charge in [0.15, 0.2) is 0 Å². The molecule has 0 fully saturated rings. The Balaban J connectivity index is 1.46. The molecule has 0 spiro atoms. The van der Waals surface area contributed by atoms with Crippen molar-refractivity contribution in [2.45, 2.75) is 13.5 Å². The standard InChI is InChI=1S/C18H17N5OS/c1-12-15-8-16(25-18(15)22(2)21-12)17(24)19-9-13-10-20-23(11-13)14-6-4-3-5-7-14/h3-8,10-11H,9H2,1-2H3,(H,19,24). The predicted molar refractivity (Wildman–Crippen MR) is 98.1 cm³/mol. The molecule has 25 heavy (non-hydrogen) atoms. The minimum absolute atomic E-state index is 0.0759. The lowest BCUT2D eigenvalue weighted by Gasteiger charge is -2.01. The lowest BCUT2D eigenvalue weighted by molar-refractivity contribution is 0.0955. The number of fused-ring (bicyclic) bond motifs is 1. The Morgan fingerprint density at radius 1 is 1.28 bits per heavy atom. The predicted octanol–water partition coefficient (Wildman–Crippen LogP) is 3.06. The number of aryl methyl sites for hydroxylation is 2. The van der Waals surface area contributed by atoms with Gasteiger partial charge in [-0.3, -0.25) is 9.48 Å². The quantitative estimate of drug-likeness (QED) is 0.614. The second-order valence-electron chi connectivity index (χ2n) is 5.85. The molecular weight excluding hydrogens is 334 g/mol. The molecule has 0 saturated carbocycles. The molecule has 4 rings (SSSR count). The van der Waals surface area contributed by atoms with Crippen LogP contribution in [0.5, 0.6) is 0 Å². The molecule has 1 N–H and O–H groups in total. The van der Waals surface area contributed by atoms with Crippen molar-refractivity contribution in [3.05, 3.63) is 64.9 Å². The zero-order valence-electron chi connectivity index (χ0n) is 13.9. The zero-order chi connectivity index (χ0) is 17.4. The maximum atomic E-state index is 12.4. The number of nitrogens with one attached hydrogen (secondary N) is 1.